The summed E-state index contributed by atoms with van der Waals surface area (Å²) in [5.74, 6) is -0.820. The van der Waals surface area contributed by atoms with Crippen molar-refractivity contribution in [1.29, 1.82) is 0 Å². The van der Waals surface area contributed by atoms with Gasteiger partial charge in [0.15, 0.2) is 0 Å². The Bertz CT molecular complexity index is 873. The second-order valence-corrected chi connectivity index (χ2v) is 6.38. The number of rotatable bonds is 6. The van der Waals surface area contributed by atoms with Crippen molar-refractivity contribution in [2.75, 3.05) is 0 Å². The predicted octanol–water partition coefficient (Wildman–Crippen LogP) is 3.08. The van der Waals surface area contributed by atoms with Crippen LogP contribution in [0.3, 0.4) is 0 Å². The molecule has 2 unspecified atom stereocenters. The summed E-state index contributed by atoms with van der Waals surface area (Å²) in [6, 6.07) is 13.3. The van der Waals surface area contributed by atoms with Gasteiger partial charge in [0, 0.05) is 5.92 Å². The Labute approximate surface area is 154 Å². The van der Waals surface area contributed by atoms with Gasteiger partial charge in [-0.25, -0.2) is 4.39 Å². The molecule has 3 rings (SSSR count). The molecule has 1 heterocycles. The average molecular weight is 374 g/mol. The Morgan fingerprint density at radius 3 is 2.69 bits per heavy atom. The van der Waals surface area contributed by atoms with Gasteiger partial charge in [0.05, 0.1) is 5.02 Å². The van der Waals surface area contributed by atoms with E-state index in [2.05, 4.69) is 25.9 Å². The van der Waals surface area contributed by atoms with Crippen LogP contribution in [0.15, 0.2) is 48.5 Å². The van der Waals surface area contributed by atoms with Crippen molar-refractivity contribution >= 4 is 17.5 Å². The van der Waals surface area contributed by atoms with Gasteiger partial charge in [0.1, 0.15) is 11.9 Å². The van der Waals surface area contributed by atoms with Crippen LogP contribution in [-0.4, -0.2) is 26.5 Å². The number of aromatic nitrogens is 4. The van der Waals surface area contributed by atoms with E-state index in [-0.39, 0.29) is 22.7 Å². The molecule has 0 aliphatic heterocycles. The van der Waals surface area contributed by atoms with Gasteiger partial charge in [-0.1, -0.05) is 60.1 Å². The maximum atomic E-state index is 13.9. The minimum absolute atomic E-state index is 0.00406. The largest absolute Gasteiger partial charge is 0.342 e. The molecule has 1 aromatic heterocycles. The summed E-state index contributed by atoms with van der Waals surface area (Å²) in [5.41, 5.74) is 1.54. The first-order valence-electron chi connectivity index (χ1n) is 8.07. The van der Waals surface area contributed by atoms with E-state index in [1.807, 2.05) is 37.3 Å². The van der Waals surface area contributed by atoms with Crippen LogP contribution in [0, 0.1) is 11.7 Å². The third-order valence-corrected chi connectivity index (χ3v) is 4.32. The Balaban J connectivity index is 1.79. The minimum Gasteiger partial charge on any atom is -0.342 e. The summed E-state index contributed by atoms with van der Waals surface area (Å²) in [6.45, 7) is 1.83. The number of aromatic amines is 1. The summed E-state index contributed by atoms with van der Waals surface area (Å²) in [7, 11) is 0. The zero-order valence-corrected chi connectivity index (χ0v) is 14.7. The normalized spacial score (nSPS) is 13.2. The monoisotopic (exact) mass is 373 g/mol. The number of hydrogen-bond acceptors (Lipinski definition) is 4. The van der Waals surface area contributed by atoms with Gasteiger partial charge in [0.2, 0.25) is 11.7 Å². The molecule has 0 spiro atoms. The molecular formula is C18H17ClFN5O. The standard InChI is InChI=1S/C18H17ClFN5O/c1-11(9-12-5-3-2-4-6-12)18(26)21-16(17-22-24-25-23-17)13-7-8-14(19)15(20)10-13/h2-8,10-11,16H,9H2,1H3,(H,21,26)(H,22,23,24,25). The van der Waals surface area contributed by atoms with Gasteiger partial charge in [-0.15, -0.1) is 10.2 Å². The highest BCUT2D eigenvalue weighted by molar-refractivity contribution is 6.30. The zero-order chi connectivity index (χ0) is 18.5. The van der Waals surface area contributed by atoms with E-state index in [1.165, 1.54) is 12.1 Å². The number of amides is 1. The number of halogens is 2. The number of nitrogens with one attached hydrogen (secondary N) is 2. The maximum absolute atomic E-state index is 13.9. The van der Waals surface area contributed by atoms with Crippen LogP contribution in [0.1, 0.15) is 29.9 Å². The van der Waals surface area contributed by atoms with Crippen LogP contribution in [0.2, 0.25) is 5.02 Å². The Morgan fingerprint density at radius 2 is 2.04 bits per heavy atom. The molecule has 2 aromatic carbocycles. The first-order valence-corrected chi connectivity index (χ1v) is 8.45. The van der Waals surface area contributed by atoms with E-state index >= 15 is 0 Å². The molecule has 0 saturated heterocycles. The fourth-order valence-electron chi connectivity index (χ4n) is 2.63. The molecule has 2 N–H and O–H groups in total. The molecule has 134 valence electrons. The van der Waals surface area contributed by atoms with Crippen LogP contribution >= 0.6 is 11.6 Å². The van der Waals surface area contributed by atoms with E-state index in [1.54, 1.807) is 6.07 Å². The summed E-state index contributed by atoms with van der Waals surface area (Å²) in [4.78, 5) is 12.7. The summed E-state index contributed by atoms with van der Waals surface area (Å²) >= 11 is 5.74. The third-order valence-electron chi connectivity index (χ3n) is 4.02. The van der Waals surface area contributed by atoms with Crippen LogP contribution in [0.25, 0.3) is 0 Å². The SMILES string of the molecule is CC(Cc1ccccc1)C(=O)NC(c1ccc(Cl)c(F)c1)c1nn[nH]n1. The third kappa shape index (κ3) is 4.23. The molecule has 0 aliphatic rings. The van der Waals surface area contributed by atoms with Crippen LogP contribution in [-0.2, 0) is 11.2 Å². The molecular weight excluding hydrogens is 357 g/mol. The molecule has 0 radical (unpaired) electrons. The molecule has 0 saturated carbocycles. The van der Waals surface area contributed by atoms with Gasteiger partial charge >= 0.3 is 0 Å². The van der Waals surface area contributed by atoms with Gasteiger partial charge < -0.3 is 5.32 Å². The highest BCUT2D eigenvalue weighted by atomic mass is 35.5. The van der Waals surface area contributed by atoms with Crippen molar-refractivity contribution in [2.24, 2.45) is 5.92 Å². The van der Waals surface area contributed by atoms with Crippen LogP contribution < -0.4 is 5.32 Å². The molecule has 0 aliphatic carbocycles. The van der Waals surface area contributed by atoms with Gasteiger partial charge in [-0.3, -0.25) is 4.79 Å². The molecule has 0 bridgehead atoms. The lowest BCUT2D eigenvalue weighted by atomic mass is 9.99. The Morgan fingerprint density at radius 1 is 1.27 bits per heavy atom. The quantitative estimate of drug-likeness (QED) is 0.695. The van der Waals surface area contributed by atoms with Gasteiger partial charge in [-0.05, 0) is 29.7 Å². The average Bonchev–Trinajstić information content (AvgIpc) is 3.17. The Kier molecular flexibility index (Phi) is 5.58. The molecule has 0 fully saturated rings. The highest BCUT2D eigenvalue weighted by Crippen LogP contribution is 2.24. The topological polar surface area (TPSA) is 83.6 Å². The summed E-state index contributed by atoms with van der Waals surface area (Å²) in [6.07, 6.45) is 0.584. The summed E-state index contributed by atoms with van der Waals surface area (Å²) < 4.78 is 13.9. The highest BCUT2D eigenvalue weighted by Gasteiger charge is 2.24. The zero-order valence-electron chi connectivity index (χ0n) is 14.0. The van der Waals surface area contributed by atoms with Gasteiger partial charge in [0.25, 0.3) is 0 Å². The molecule has 3 aromatic rings. The van der Waals surface area contributed by atoms with E-state index in [9.17, 15) is 9.18 Å². The molecule has 6 nitrogen and oxygen atoms in total. The van der Waals surface area contributed by atoms with E-state index in [4.69, 9.17) is 11.6 Å². The van der Waals surface area contributed by atoms with Crippen molar-refractivity contribution in [2.45, 2.75) is 19.4 Å². The first-order chi connectivity index (χ1) is 12.5. The number of carbonyl (C=O) groups is 1. The second kappa shape index (κ2) is 8.05. The van der Waals surface area contributed by atoms with Crippen molar-refractivity contribution in [1.82, 2.24) is 25.9 Å². The number of carbonyl (C=O) groups excluding carboxylic acids is 1. The number of hydrogen-bond donors (Lipinski definition) is 2. The van der Waals surface area contributed by atoms with Crippen LogP contribution in [0.4, 0.5) is 4.39 Å². The second-order valence-electron chi connectivity index (χ2n) is 5.98. The first kappa shape index (κ1) is 18.0. The van der Waals surface area contributed by atoms with E-state index < -0.39 is 11.9 Å². The molecule has 1 amide bonds. The fraction of sp³-hybridized carbons (Fsp3) is 0.222. The molecule has 2 atom stereocenters. The Hall–Kier alpha value is -2.80. The van der Waals surface area contributed by atoms with E-state index in [0.717, 1.165) is 5.56 Å². The minimum atomic E-state index is -0.730. The van der Waals surface area contributed by atoms with Crippen molar-refractivity contribution < 1.29 is 9.18 Å². The predicted molar refractivity (Wildman–Crippen MR) is 94.9 cm³/mol. The van der Waals surface area contributed by atoms with Crippen molar-refractivity contribution in [3.8, 4) is 0 Å². The van der Waals surface area contributed by atoms with Gasteiger partial charge in [-0.2, -0.15) is 5.21 Å². The number of nitrogens with zero attached hydrogens (tertiary/aromatic N) is 3. The van der Waals surface area contributed by atoms with Crippen molar-refractivity contribution in [3.63, 3.8) is 0 Å². The van der Waals surface area contributed by atoms with E-state index in [0.29, 0.717) is 12.0 Å². The lowest BCUT2D eigenvalue weighted by Crippen LogP contribution is -2.35. The molecule has 26 heavy (non-hydrogen) atoms. The number of benzene rings is 2. The van der Waals surface area contributed by atoms with Crippen molar-refractivity contribution in [3.05, 3.63) is 76.3 Å². The maximum Gasteiger partial charge on any atom is 0.224 e. The lowest BCUT2D eigenvalue weighted by molar-refractivity contribution is -0.125. The smallest absolute Gasteiger partial charge is 0.224 e. The fourth-order valence-corrected chi connectivity index (χ4v) is 2.74. The number of tetrazole rings is 1. The number of H-pyrrole nitrogens is 1. The molecule has 8 heteroatoms. The van der Waals surface area contributed by atoms with Crippen LogP contribution in [0.5, 0.6) is 0 Å². The lowest BCUT2D eigenvalue weighted by Gasteiger charge is -2.19. The summed E-state index contributed by atoms with van der Waals surface area (Å²) in [5, 5.41) is 16.6.